The summed E-state index contributed by atoms with van der Waals surface area (Å²) in [5.74, 6) is 4.87. The van der Waals surface area contributed by atoms with Gasteiger partial charge in [-0.1, -0.05) is 6.07 Å². The van der Waals surface area contributed by atoms with E-state index in [2.05, 4.69) is 4.84 Å². The number of rotatable bonds is 4. The molecule has 0 aromatic carbocycles. The van der Waals surface area contributed by atoms with E-state index in [0.717, 1.165) is 4.88 Å². The van der Waals surface area contributed by atoms with Crippen LogP contribution in [0.1, 0.15) is 9.67 Å². The van der Waals surface area contributed by atoms with Crippen LogP contribution in [0.2, 0.25) is 0 Å². The lowest BCUT2D eigenvalue weighted by Crippen LogP contribution is -2.30. The molecule has 5 heteroatoms. The van der Waals surface area contributed by atoms with E-state index in [1.165, 1.54) is 11.3 Å². The van der Waals surface area contributed by atoms with Crippen molar-refractivity contribution in [2.45, 2.75) is 0 Å². The van der Waals surface area contributed by atoms with Crippen LogP contribution < -0.4 is 5.90 Å². The molecule has 0 aliphatic carbocycles. The summed E-state index contributed by atoms with van der Waals surface area (Å²) in [4.78, 5) is 18.3. The summed E-state index contributed by atoms with van der Waals surface area (Å²) in [7, 11) is 1.72. The molecule has 1 heterocycles. The van der Waals surface area contributed by atoms with Crippen molar-refractivity contribution in [1.29, 1.82) is 0 Å². The van der Waals surface area contributed by atoms with Gasteiger partial charge in [-0.25, -0.2) is 5.90 Å². The largest absolute Gasteiger partial charge is 0.339 e. The summed E-state index contributed by atoms with van der Waals surface area (Å²) in [6, 6.07) is 3.65. The fourth-order valence-corrected chi connectivity index (χ4v) is 1.60. The van der Waals surface area contributed by atoms with E-state index in [1.807, 2.05) is 11.4 Å². The summed E-state index contributed by atoms with van der Waals surface area (Å²) in [6.45, 7) is 0.862. The van der Waals surface area contributed by atoms with Crippen molar-refractivity contribution < 1.29 is 9.63 Å². The molecule has 1 aromatic heterocycles. The lowest BCUT2D eigenvalue weighted by Gasteiger charge is -2.14. The van der Waals surface area contributed by atoms with Gasteiger partial charge >= 0.3 is 0 Å². The molecule has 0 fully saturated rings. The highest BCUT2D eigenvalue weighted by Crippen LogP contribution is 2.10. The molecule has 1 rings (SSSR count). The Morgan fingerprint density at radius 2 is 2.54 bits per heavy atom. The zero-order chi connectivity index (χ0) is 9.68. The minimum absolute atomic E-state index is 0.00653. The van der Waals surface area contributed by atoms with Crippen LogP contribution in [-0.2, 0) is 4.84 Å². The molecule has 0 spiro atoms. The molecule has 13 heavy (non-hydrogen) atoms. The number of hydrogen-bond donors (Lipinski definition) is 1. The molecule has 0 bridgehead atoms. The smallest absolute Gasteiger partial charge is 0.263 e. The average molecular weight is 200 g/mol. The lowest BCUT2D eigenvalue weighted by atomic mass is 10.4. The molecule has 72 valence electrons. The van der Waals surface area contributed by atoms with Gasteiger partial charge in [0.15, 0.2) is 0 Å². The van der Waals surface area contributed by atoms with Gasteiger partial charge in [0.1, 0.15) is 0 Å². The molecule has 0 saturated carbocycles. The first-order chi connectivity index (χ1) is 6.25. The maximum Gasteiger partial charge on any atom is 0.263 e. The Hall–Kier alpha value is -0.910. The molecule has 0 radical (unpaired) electrons. The normalized spacial score (nSPS) is 10.0. The molecule has 0 aliphatic heterocycles. The highest BCUT2D eigenvalue weighted by atomic mass is 32.1. The SMILES string of the molecule is CN(CCON)C(=O)c1cccs1. The number of carbonyl (C=O) groups excluding carboxylic acids is 1. The van der Waals surface area contributed by atoms with Crippen molar-refractivity contribution in [3.8, 4) is 0 Å². The van der Waals surface area contributed by atoms with Crippen LogP contribution in [0.25, 0.3) is 0 Å². The minimum atomic E-state index is 0.00653. The number of carbonyl (C=O) groups is 1. The first-order valence-corrected chi connectivity index (χ1v) is 4.74. The molecular weight excluding hydrogens is 188 g/mol. The van der Waals surface area contributed by atoms with Crippen molar-refractivity contribution >= 4 is 17.2 Å². The molecule has 0 saturated heterocycles. The van der Waals surface area contributed by atoms with E-state index in [4.69, 9.17) is 5.90 Å². The molecule has 1 amide bonds. The van der Waals surface area contributed by atoms with Gasteiger partial charge in [0.05, 0.1) is 11.5 Å². The third-order valence-corrected chi connectivity index (χ3v) is 2.48. The Labute approximate surface area is 80.9 Å². The maximum atomic E-state index is 11.6. The first-order valence-electron chi connectivity index (χ1n) is 3.86. The summed E-state index contributed by atoms with van der Waals surface area (Å²) < 4.78 is 0. The molecule has 2 N–H and O–H groups in total. The summed E-state index contributed by atoms with van der Waals surface area (Å²) >= 11 is 1.43. The second-order valence-corrected chi connectivity index (χ2v) is 3.52. The second kappa shape index (κ2) is 4.96. The van der Waals surface area contributed by atoms with Crippen molar-refractivity contribution in [2.24, 2.45) is 5.90 Å². The third-order valence-electron chi connectivity index (χ3n) is 1.62. The fraction of sp³-hybridized carbons (Fsp3) is 0.375. The van der Waals surface area contributed by atoms with Crippen LogP contribution in [0.3, 0.4) is 0 Å². The average Bonchev–Trinajstić information content (AvgIpc) is 2.65. The van der Waals surface area contributed by atoms with Crippen LogP contribution in [-0.4, -0.2) is 31.0 Å². The Bertz CT molecular complexity index is 261. The maximum absolute atomic E-state index is 11.6. The number of nitrogens with two attached hydrogens (primary N) is 1. The summed E-state index contributed by atoms with van der Waals surface area (Å²) in [5, 5.41) is 1.88. The number of thiophene rings is 1. The Morgan fingerprint density at radius 1 is 1.77 bits per heavy atom. The lowest BCUT2D eigenvalue weighted by molar-refractivity contribution is 0.0701. The van der Waals surface area contributed by atoms with E-state index >= 15 is 0 Å². The van der Waals surface area contributed by atoms with Gasteiger partial charge in [-0.05, 0) is 11.4 Å². The van der Waals surface area contributed by atoms with E-state index in [9.17, 15) is 4.79 Å². The highest BCUT2D eigenvalue weighted by Gasteiger charge is 2.11. The van der Waals surface area contributed by atoms with Gasteiger partial charge in [-0.2, -0.15) is 0 Å². The number of likely N-dealkylation sites (N-methyl/N-ethyl adjacent to an activating group) is 1. The van der Waals surface area contributed by atoms with Gasteiger partial charge in [0, 0.05) is 13.6 Å². The van der Waals surface area contributed by atoms with E-state index in [0.29, 0.717) is 13.2 Å². The van der Waals surface area contributed by atoms with E-state index in [1.54, 1.807) is 18.0 Å². The molecule has 0 unspecified atom stereocenters. The van der Waals surface area contributed by atoms with Crippen molar-refractivity contribution in [1.82, 2.24) is 4.90 Å². The topological polar surface area (TPSA) is 55.6 Å². The second-order valence-electron chi connectivity index (χ2n) is 2.57. The molecule has 0 aliphatic rings. The summed E-state index contributed by atoms with van der Waals surface area (Å²) in [5.41, 5.74) is 0. The van der Waals surface area contributed by atoms with Crippen LogP contribution in [0.15, 0.2) is 17.5 Å². The number of nitrogens with zero attached hydrogens (tertiary/aromatic N) is 1. The zero-order valence-corrected chi connectivity index (χ0v) is 8.21. The Balaban J connectivity index is 2.48. The predicted molar refractivity (Wildman–Crippen MR) is 51.4 cm³/mol. The zero-order valence-electron chi connectivity index (χ0n) is 7.40. The minimum Gasteiger partial charge on any atom is -0.339 e. The van der Waals surface area contributed by atoms with Crippen LogP contribution in [0.5, 0.6) is 0 Å². The van der Waals surface area contributed by atoms with Crippen molar-refractivity contribution in [3.63, 3.8) is 0 Å². The van der Waals surface area contributed by atoms with Crippen LogP contribution in [0, 0.1) is 0 Å². The highest BCUT2D eigenvalue weighted by molar-refractivity contribution is 7.12. The fourth-order valence-electron chi connectivity index (χ4n) is 0.880. The molecule has 1 aromatic rings. The number of amides is 1. The van der Waals surface area contributed by atoms with Gasteiger partial charge < -0.3 is 9.74 Å². The first kappa shape index (κ1) is 10.2. The molecule has 4 nitrogen and oxygen atoms in total. The van der Waals surface area contributed by atoms with Crippen molar-refractivity contribution in [3.05, 3.63) is 22.4 Å². The predicted octanol–water partition coefficient (Wildman–Crippen LogP) is 0.710. The summed E-state index contributed by atoms with van der Waals surface area (Å²) in [6.07, 6.45) is 0. The Kier molecular flexibility index (Phi) is 3.88. The van der Waals surface area contributed by atoms with Crippen LogP contribution >= 0.6 is 11.3 Å². The Morgan fingerprint density at radius 3 is 3.08 bits per heavy atom. The van der Waals surface area contributed by atoms with Gasteiger partial charge in [0.25, 0.3) is 5.91 Å². The van der Waals surface area contributed by atoms with Gasteiger partial charge in [-0.15, -0.1) is 11.3 Å². The standard InChI is InChI=1S/C8H12N2O2S/c1-10(4-5-12-9)8(11)7-3-2-6-13-7/h2-3,6H,4-5,9H2,1H3. The van der Waals surface area contributed by atoms with Crippen molar-refractivity contribution in [2.75, 3.05) is 20.2 Å². The monoisotopic (exact) mass is 200 g/mol. The van der Waals surface area contributed by atoms with Gasteiger partial charge in [0.2, 0.25) is 0 Å². The number of hydrogen-bond acceptors (Lipinski definition) is 4. The van der Waals surface area contributed by atoms with Crippen LogP contribution in [0.4, 0.5) is 0 Å². The van der Waals surface area contributed by atoms with E-state index < -0.39 is 0 Å². The molecule has 0 atom stereocenters. The van der Waals surface area contributed by atoms with E-state index in [-0.39, 0.29) is 5.91 Å². The quantitative estimate of drug-likeness (QED) is 0.728. The molecular formula is C8H12N2O2S. The third kappa shape index (κ3) is 2.80. The van der Waals surface area contributed by atoms with Gasteiger partial charge in [-0.3, -0.25) is 4.79 Å².